The van der Waals surface area contributed by atoms with Crippen molar-refractivity contribution in [1.82, 2.24) is 25.0 Å². The molecule has 1 N–H and O–H groups in total. The van der Waals surface area contributed by atoms with Crippen molar-refractivity contribution in [3.63, 3.8) is 0 Å². The molecule has 3 aromatic rings. The third kappa shape index (κ3) is 2.63. The smallest absolute Gasteiger partial charge is 0.223 e. The molecule has 1 unspecified atom stereocenters. The molecule has 3 heterocycles. The first-order chi connectivity index (χ1) is 9.74. The van der Waals surface area contributed by atoms with Gasteiger partial charge in [0.2, 0.25) is 5.89 Å². The molecule has 20 heavy (non-hydrogen) atoms. The van der Waals surface area contributed by atoms with Gasteiger partial charge in [-0.3, -0.25) is 5.32 Å². The largest absolute Gasteiger partial charge is 0.340 e. The third-order valence-electron chi connectivity index (χ3n) is 2.98. The van der Waals surface area contributed by atoms with E-state index in [0.717, 1.165) is 5.82 Å². The summed E-state index contributed by atoms with van der Waals surface area (Å²) in [5.74, 6) is 2.19. The van der Waals surface area contributed by atoms with Gasteiger partial charge in [0.05, 0.1) is 6.54 Å². The Morgan fingerprint density at radius 2 is 2.40 bits per heavy atom. The first kappa shape index (κ1) is 13.0. The Kier molecular flexibility index (Phi) is 3.62. The minimum absolute atomic E-state index is 0.0220. The van der Waals surface area contributed by atoms with Crippen LogP contribution >= 0.6 is 11.3 Å². The molecule has 0 fully saturated rings. The molecule has 0 amide bonds. The van der Waals surface area contributed by atoms with E-state index in [1.807, 2.05) is 23.9 Å². The van der Waals surface area contributed by atoms with Crippen LogP contribution in [-0.4, -0.2) is 19.7 Å². The lowest BCUT2D eigenvalue weighted by Gasteiger charge is -2.16. The van der Waals surface area contributed by atoms with Crippen LogP contribution in [0.5, 0.6) is 0 Å². The van der Waals surface area contributed by atoms with Crippen molar-refractivity contribution >= 4 is 11.3 Å². The van der Waals surface area contributed by atoms with E-state index in [1.54, 1.807) is 24.5 Å². The maximum Gasteiger partial charge on any atom is 0.223 e. The van der Waals surface area contributed by atoms with E-state index >= 15 is 0 Å². The first-order valence-corrected chi connectivity index (χ1v) is 7.15. The van der Waals surface area contributed by atoms with E-state index in [1.165, 1.54) is 4.88 Å². The number of imidazole rings is 1. The molecule has 7 heteroatoms. The Morgan fingerprint density at radius 3 is 3.00 bits per heavy atom. The molecule has 0 bridgehead atoms. The van der Waals surface area contributed by atoms with Gasteiger partial charge in [0.1, 0.15) is 11.9 Å². The highest BCUT2D eigenvalue weighted by Gasteiger charge is 2.19. The van der Waals surface area contributed by atoms with Gasteiger partial charge in [-0.2, -0.15) is 4.98 Å². The van der Waals surface area contributed by atoms with E-state index in [2.05, 4.69) is 31.9 Å². The van der Waals surface area contributed by atoms with Crippen LogP contribution in [0.25, 0.3) is 0 Å². The molecule has 3 rings (SSSR count). The molecular formula is C13H15N5OS. The Hall–Kier alpha value is -1.99. The fraction of sp³-hybridized carbons (Fsp3) is 0.308. The lowest BCUT2D eigenvalue weighted by Crippen LogP contribution is -2.24. The second-order valence-electron chi connectivity index (χ2n) is 4.46. The third-order valence-corrected chi connectivity index (χ3v) is 3.92. The maximum absolute atomic E-state index is 4.98. The monoisotopic (exact) mass is 289 g/mol. The average molecular weight is 289 g/mol. The molecule has 104 valence electrons. The van der Waals surface area contributed by atoms with E-state index in [4.69, 9.17) is 4.52 Å². The maximum atomic E-state index is 4.98. The molecule has 0 saturated heterocycles. The number of hydrogen-bond acceptors (Lipinski definition) is 6. The molecule has 0 radical (unpaired) electrons. The summed E-state index contributed by atoms with van der Waals surface area (Å²) < 4.78 is 7.00. The standard InChI is InChI=1S/C13H15N5OS/c1-9-16-11(17-19-9)8-15-12(10-4-3-7-20-10)13-14-5-6-18(13)2/h3-7,12,15H,8H2,1-2H3. The Morgan fingerprint density at radius 1 is 1.50 bits per heavy atom. The van der Waals surface area contributed by atoms with E-state index in [0.29, 0.717) is 18.3 Å². The predicted octanol–water partition coefficient (Wildman–Crippen LogP) is 2.05. The molecule has 0 saturated carbocycles. The Bertz CT molecular complexity index is 673. The summed E-state index contributed by atoms with van der Waals surface area (Å²) in [6.45, 7) is 2.32. The topological polar surface area (TPSA) is 68.8 Å². The molecule has 0 spiro atoms. The van der Waals surface area contributed by atoms with Crippen LogP contribution in [0.2, 0.25) is 0 Å². The summed E-state index contributed by atoms with van der Waals surface area (Å²) in [7, 11) is 1.99. The van der Waals surface area contributed by atoms with Gasteiger partial charge in [-0.05, 0) is 11.4 Å². The number of nitrogens with zero attached hydrogens (tertiary/aromatic N) is 4. The second kappa shape index (κ2) is 5.56. The number of aromatic nitrogens is 4. The number of hydrogen-bond donors (Lipinski definition) is 1. The molecule has 3 aromatic heterocycles. The van der Waals surface area contributed by atoms with Crippen LogP contribution in [0.4, 0.5) is 0 Å². The van der Waals surface area contributed by atoms with Crippen LogP contribution in [0.1, 0.15) is 28.5 Å². The van der Waals surface area contributed by atoms with Crippen molar-refractivity contribution in [2.24, 2.45) is 7.05 Å². The minimum atomic E-state index is 0.0220. The van der Waals surface area contributed by atoms with Gasteiger partial charge in [0.15, 0.2) is 5.82 Å². The summed E-state index contributed by atoms with van der Waals surface area (Å²) in [5.41, 5.74) is 0. The van der Waals surface area contributed by atoms with Crippen molar-refractivity contribution in [3.8, 4) is 0 Å². The lowest BCUT2D eigenvalue weighted by atomic mass is 10.2. The average Bonchev–Trinajstić information content (AvgIpc) is 3.14. The summed E-state index contributed by atoms with van der Waals surface area (Å²) in [4.78, 5) is 9.84. The molecular weight excluding hydrogens is 274 g/mol. The van der Waals surface area contributed by atoms with Gasteiger partial charge in [-0.15, -0.1) is 11.3 Å². The Balaban J connectivity index is 1.81. The fourth-order valence-electron chi connectivity index (χ4n) is 2.04. The van der Waals surface area contributed by atoms with Crippen LogP contribution in [-0.2, 0) is 13.6 Å². The highest BCUT2D eigenvalue weighted by Crippen LogP contribution is 2.24. The fourth-order valence-corrected chi connectivity index (χ4v) is 2.83. The molecule has 1 atom stereocenters. The molecule has 0 aromatic carbocycles. The highest BCUT2D eigenvalue weighted by molar-refractivity contribution is 7.10. The quantitative estimate of drug-likeness (QED) is 0.778. The predicted molar refractivity (Wildman–Crippen MR) is 75.2 cm³/mol. The van der Waals surface area contributed by atoms with Crippen molar-refractivity contribution in [1.29, 1.82) is 0 Å². The number of thiophene rings is 1. The van der Waals surface area contributed by atoms with Crippen molar-refractivity contribution in [3.05, 3.63) is 52.3 Å². The van der Waals surface area contributed by atoms with E-state index in [-0.39, 0.29) is 6.04 Å². The highest BCUT2D eigenvalue weighted by atomic mass is 32.1. The number of aryl methyl sites for hydroxylation is 2. The molecule has 0 aliphatic carbocycles. The summed E-state index contributed by atoms with van der Waals surface area (Å²) in [5, 5.41) is 9.40. The van der Waals surface area contributed by atoms with Crippen molar-refractivity contribution < 1.29 is 4.52 Å². The van der Waals surface area contributed by atoms with Crippen molar-refractivity contribution in [2.75, 3.05) is 0 Å². The van der Waals surface area contributed by atoms with Crippen LogP contribution in [0, 0.1) is 6.92 Å². The number of rotatable bonds is 5. The zero-order valence-corrected chi connectivity index (χ0v) is 12.1. The molecule has 0 aliphatic heterocycles. The van der Waals surface area contributed by atoms with Gasteiger partial charge in [0.25, 0.3) is 0 Å². The lowest BCUT2D eigenvalue weighted by molar-refractivity contribution is 0.384. The summed E-state index contributed by atoms with van der Waals surface area (Å²) in [6, 6.07) is 4.16. The molecule has 6 nitrogen and oxygen atoms in total. The van der Waals surface area contributed by atoms with E-state index in [9.17, 15) is 0 Å². The van der Waals surface area contributed by atoms with Gasteiger partial charge < -0.3 is 9.09 Å². The first-order valence-electron chi connectivity index (χ1n) is 6.27. The van der Waals surface area contributed by atoms with Crippen molar-refractivity contribution in [2.45, 2.75) is 19.5 Å². The number of nitrogens with one attached hydrogen (secondary N) is 1. The van der Waals surface area contributed by atoms with Gasteiger partial charge in [0, 0.05) is 31.2 Å². The Labute approximate surface area is 120 Å². The van der Waals surface area contributed by atoms with Gasteiger partial charge >= 0.3 is 0 Å². The van der Waals surface area contributed by atoms with Crippen LogP contribution in [0.3, 0.4) is 0 Å². The van der Waals surface area contributed by atoms with Crippen LogP contribution < -0.4 is 5.32 Å². The zero-order valence-electron chi connectivity index (χ0n) is 11.3. The van der Waals surface area contributed by atoms with Gasteiger partial charge in [-0.1, -0.05) is 11.2 Å². The SMILES string of the molecule is Cc1nc(CNC(c2cccs2)c2nccn2C)no1. The van der Waals surface area contributed by atoms with E-state index < -0.39 is 0 Å². The normalized spacial score (nSPS) is 12.7. The van der Waals surface area contributed by atoms with Gasteiger partial charge in [-0.25, -0.2) is 4.98 Å². The van der Waals surface area contributed by atoms with Crippen LogP contribution in [0.15, 0.2) is 34.4 Å². The summed E-state index contributed by atoms with van der Waals surface area (Å²) in [6.07, 6.45) is 3.74. The minimum Gasteiger partial charge on any atom is -0.340 e. The second-order valence-corrected chi connectivity index (χ2v) is 5.43. The molecule has 0 aliphatic rings. The summed E-state index contributed by atoms with van der Waals surface area (Å²) >= 11 is 1.70. The zero-order chi connectivity index (χ0) is 13.9.